The number of hydrogen-bond acceptors (Lipinski definition) is 4. The zero-order valence-corrected chi connectivity index (χ0v) is 24.7. The molecule has 2 N–H and O–H groups in total. The lowest BCUT2D eigenvalue weighted by atomic mass is 9.93. The van der Waals surface area contributed by atoms with Gasteiger partial charge in [-0.25, -0.2) is 0 Å². The number of aryl methyl sites for hydroxylation is 1. The second kappa shape index (κ2) is 14.3. The number of nitrogens with zero attached hydrogens (tertiary/aromatic N) is 1. The van der Waals surface area contributed by atoms with Crippen molar-refractivity contribution in [1.29, 1.82) is 0 Å². The molecule has 2 atom stereocenters. The van der Waals surface area contributed by atoms with E-state index in [1.54, 1.807) is 42.5 Å². The fraction of sp³-hybridized carbons (Fsp3) is 0.371. The van der Waals surface area contributed by atoms with Crippen LogP contribution in [-0.4, -0.2) is 53.5 Å². The van der Waals surface area contributed by atoms with Gasteiger partial charge in [0.2, 0.25) is 0 Å². The van der Waals surface area contributed by atoms with Crippen LogP contribution in [0.4, 0.5) is 17.6 Å². The quantitative estimate of drug-likeness (QED) is 0.239. The number of carbonyl (C=O) groups excluding carboxylic acids is 2. The van der Waals surface area contributed by atoms with E-state index in [0.717, 1.165) is 55.7 Å². The number of hydrogen-bond donors (Lipinski definition) is 2. The molecule has 3 aromatic carbocycles. The van der Waals surface area contributed by atoms with E-state index in [4.69, 9.17) is 0 Å². The SMILES string of the molecule is O=C(NC(Cc1cccc(OC(F)(F)C(F)F)c1)C(O)c1ccc(C(=O)N2CCCCC2)cc1)c1cccc2c1C=CCCC2. The topological polar surface area (TPSA) is 78.9 Å². The maximum absolute atomic E-state index is 13.7. The number of fused-ring (bicyclic) bond motifs is 1. The number of rotatable bonds is 10. The molecule has 1 heterocycles. The number of allylic oxidation sites excluding steroid dienone is 1. The highest BCUT2D eigenvalue weighted by Gasteiger charge is 2.44. The van der Waals surface area contributed by atoms with Crippen LogP contribution in [0.5, 0.6) is 5.75 Å². The predicted octanol–water partition coefficient (Wildman–Crippen LogP) is 6.97. The van der Waals surface area contributed by atoms with Crippen molar-refractivity contribution in [2.45, 2.75) is 69.6 Å². The number of alkyl halides is 4. The average Bonchev–Trinajstić information content (AvgIpc) is 3.30. The maximum Gasteiger partial charge on any atom is 0.461 e. The Bertz CT molecular complexity index is 1520. The van der Waals surface area contributed by atoms with E-state index in [9.17, 15) is 32.3 Å². The molecule has 2 amide bonds. The van der Waals surface area contributed by atoms with Crippen LogP contribution in [0.2, 0.25) is 0 Å². The van der Waals surface area contributed by atoms with Gasteiger partial charge in [-0.3, -0.25) is 9.59 Å². The average molecular weight is 625 g/mol. The Balaban J connectivity index is 1.41. The normalized spacial score (nSPS) is 16.4. The fourth-order valence-corrected chi connectivity index (χ4v) is 5.85. The second-order valence-corrected chi connectivity index (χ2v) is 11.5. The van der Waals surface area contributed by atoms with Crippen molar-refractivity contribution in [2.24, 2.45) is 0 Å². The molecule has 0 saturated carbocycles. The number of ether oxygens (including phenoxy) is 1. The number of nitrogens with one attached hydrogen (secondary N) is 1. The van der Waals surface area contributed by atoms with Crippen LogP contribution in [-0.2, 0) is 12.8 Å². The van der Waals surface area contributed by atoms with E-state index >= 15 is 0 Å². The summed E-state index contributed by atoms with van der Waals surface area (Å²) in [5, 5.41) is 14.5. The Labute approximate surface area is 259 Å². The minimum absolute atomic E-state index is 0.0380. The van der Waals surface area contributed by atoms with Gasteiger partial charge in [-0.2, -0.15) is 17.6 Å². The third-order valence-electron chi connectivity index (χ3n) is 8.24. The molecule has 10 heteroatoms. The summed E-state index contributed by atoms with van der Waals surface area (Å²) >= 11 is 0. The summed E-state index contributed by atoms with van der Waals surface area (Å²) in [7, 11) is 0. The molecule has 2 unspecified atom stereocenters. The summed E-state index contributed by atoms with van der Waals surface area (Å²) in [4.78, 5) is 28.5. The molecule has 5 rings (SSSR count). The number of piperidine rings is 1. The van der Waals surface area contributed by atoms with Crippen molar-refractivity contribution >= 4 is 17.9 Å². The second-order valence-electron chi connectivity index (χ2n) is 11.5. The molecule has 45 heavy (non-hydrogen) atoms. The fourth-order valence-electron chi connectivity index (χ4n) is 5.85. The number of likely N-dealkylation sites (tertiary alicyclic amines) is 1. The molecule has 0 aromatic heterocycles. The largest absolute Gasteiger partial charge is 0.461 e. The molecule has 0 radical (unpaired) electrons. The molecule has 3 aromatic rings. The number of aliphatic hydroxyl groups excluding tert-OH is 1. The minimum atomic E-state index is -4.68. The summed E-state index contributed by atoms with van der Waals surface area (Å²) in [6.45, 7) is 1.39. The van der Waals surface area contributed by atoms with Crippen molar-refractivity contribution in [3.63, 3.8) is 0 Å². The van der Waals surface area contributed by atoms with Gasteiger partial charge < -0.3 is 20.1 Å². The Morgan fingerprint density at radius 2 is 1.69 bits per heavy atom. The zero-order chi connectivity index (χ0) is 32.0. The lowest BCUT2D eigenvalue weighted by Gasteiger charge is -2.27. The molecule has 1 aliphatic carbocycles. The molecule has 6 nitrogen and oxygen atoms in total. The summed E-state index contributed by atoms with van der Waals surface area (Å²) in [6.07, 6.45) is -0.415. The molecule has 238 valence electrons. The van der Waals surface area contributed by atoms with Gasteiger partial charge in [-0.05, 0) is 97.5 Å². The lowest BCUT2D eigenvalue weighted by molar-refractivity contribution is -0.253. The molecule has 1 aliphatic heterocycles. The summed E-state index contributed by atoms with van der Waals surface area (Å²) in [5.74, 6) is -0.997. The van der Waals surface area contributed by atoms with Gasteiger partial charge in [-0.15, -0.1) is 0 Å². The number of benzene rings is 3. The molecule has 2 aliphatic rings. The molecule has 1 saturated heterocycles. The van der Waals surface area contributed by atoms with Crippen LogP contribution in [0.25, 0.3) is 6.08 Å². The third-order valence-corrected chi connectivity index (χ3v) is 8.24. The number of carbonyl (C=O) groups is 2. The van der Waals surface area contributed by atoms with Gasteiger partial charge in [0.15, 0.2) is 0 Å². The van der Waals surface area contributed by atoms with Gasteiger partial charge in [0.25, 0.3) is 11.8 Å². The van der Waals surface area contributed by atoms with E-state index < -0.39 is 36.3 Å². The highest BCUT2D eigenvalue weighted by atomic mass is 19.3. The number of halogens is 4. The van der Waals surface area contributed by atoms with Crippen LogP contribution >= 0.6 is 0 Å². The van der Waals surface area contributed by atoms with Crippen molar-refractivity contribution in [2.75, 3.05) is 13.1 Å². The van der Waals surface area contributed by atoms with Gasteiger partial charge in [0, 0.05) is 24.2 Å². The molecule has 1 fully saturated rings. The highest BCUT2D eigenvalue weighted by molar-refractivity contribution is 5.98. The van der Waals surface area contributed by atoms with Gasteiger partial charge in [0.1, 0.15) is 5.75 Å². The Hall–Kier alpha value is -4.18. The van der Waals surface area contributed by atoms with Crippen LogP contribution < -0.4 is 10.1 Å². The summed E-state index contributed by atoms with van der Waals surface area (Å²) in [5.41, 5.74) is 3.54. The lowest BCUT2D eigenvalue weighted by Crippen LogP contribution is -2.41. The van der Waals surface area contributed by atoms with Crippen molar-refractivity contribution in [1.82, 2.24) is 10.2 Å². The van der Waals surface area contributed by atoms with Crippen LogP contribution in [0.15, 0.2) is 72.8 Å². The van der Waals surface area contributed by atoms with Gasteiger partial charge in [-0.1, -0.05) is 48.6 Å². The van der Waals surface area contributed by atoms with Crippen molar-refractivity contribution in [3.8, 4) is 5.75 Å². The van der Waals surface area contributed by atoms with Crippen LogP contribution in [0.3, 0.4) is 0 Å². The first-order chi connectivity index (χ1) is 21.6. The summed E-state index contributed by atoms with van der Waals surface area (Å²) < 4.78 is 57.0. The Morgan fingerprint density at radius 1 is 0.956 bits per heavy atom. The Morgan fingerprint density at radius 3 is 2.42 bits per heavy atom. The molecular weight excluding hydrogens is 588 g/mol. The molecular formula is C35H36F4N2O4. The number of aliphatic hydroxyl groups is 1. The standard InChI is InChI=1S/C35H36F4N2O4/c36-34(37)35(38,39)45-27-12-7-9-23(21-27)22-30(40-32(43)29-14-8-11-24-10-3-1-4-13-28(24)29)31(42)25-15-17-26(18-16-25)33(44)41-19-5-2-6-20-41/h4,7-9,11-18,21,30-31,34,42H,1-3,5-6,10,19-20,22H2,(H,40,43). The first-order valence-electron chi connectivity index (χ1n) is 15.2. The third kappa shape index (κ3) is 7.92. The number of amides is 2. The highest BCUT2D eigenvalue weighted by Crippen LogP contribution is 2.30. The zero-order valence-electron chi connectivity index (χ0n) is 24.7. The molecule has 0 spiro atoms. The Kier molecular flexibility index (Phi) is 10.2. The van der Waals surface area contributed by atoms with E-state index in [1.807, 2.05) is 23.1 Å². The smallest absolute Gasteiger partial charge is 0.428 e. The minimum Gasteiger partial charge on any atom is -0.428 e. The monoisotopic (exact) mass is 624 g/mol. The van der Waals surface area contributed by atoms with E-state index in [0.29, 0.717) is 35.3 Å². The van der Waals surface area contributed by atoms with Gasteiger partial charge in [0.05, 0.1) is 12.1 Å². The van der Waals surface area contributed by atoms with Crippen LogP contribution in [0.1, 0.15) is 81.2 Å². The first-order valence-corrected chi connectivity index (χ1v) is 15.2. The predicted molar refractivity (Wildman–Crippen MR) is 163 cm³/mol. The van der Waals surface area contributed by atoms with Crippen LogP contribution in [0, 0.1) is 0 Å². The van der Waals surface area contributed by atoms with Crippen molar-refractivity contribution < 1.29 is 37.0 Å². The van der Waals surface area contributed by atoms with Crippen molar-refractivity contribution in [3.05, 3.63) is 106 Å². The van der Waals surface area contributed by atoms with E-state index in [2.05, 4.69) is 10.1 Å². The van der Waals surface area contributed by atoms with E-state index in [-0.39, 0.29) is 12.3 Å². The summed E-state index contributed by atoms with van der Waals surface area (Å²) in [6, 6.07) is 16.3. The maximum atomic E-state index is 13.7. The molecule has 0 bridgehead atoms. The van der Waals surface area contributed by atoms with Gasteiger partial charge >= 0.3 is 12.5 Å². The first kappa shape index (κ1) is 32.2. The van der Waals surface area contributed by atoms with E-state index in [1.165, 1.54) is 12.1 Å².